The van der Waals surface area contributed by atoms with Crippen molar-refractivity contribution in [2.24, 2.45) is 5.92 Å². The highest BCUT2D eigenvalue weighted by atomic mass is 16.5. The molecule has 4 nitrogen and oxygen atoms in total. The molecule has 4 heteroatoms. The molecule has 0 radical (unpaired) electrons. The summed E-state index contributed by atoms with van der Waals surface area (Å²) >= 11 is 0. The Kier molecular flexibility index (Phi) is 5.82. The summed E-state index contributed by atoms with van der Waals surface area (Å²) in [4.78, 5) is 5.07. The lowest BCUT2D eigenvalue weighted by Crippen LogP contribution is -2.54. The lowest BCUT2D eigenvalue weighted by atomic mass is 9.69. The number of nitrogens with zero attached hydrogens (tertiary/aromatic N) is 2. The van der Waals surface area contributed by atoms with E-state index in [0.29, 0.717) is 5.92 Å². The molecule has 1 N–H and O–H groups in total. The van der Waals surface area contributed by atoms with Crippen LogP contribution < -0.4 is 0 Å². The summed E-state index contributed by atoms with van der Waals surface area (Å²) in [5.74, 6) is 0.539. The van der Waals surface area contributed by atoms with Gasteiger partial charge in [0.2, 0.25) is 0 Å². The van der Waals surface area contributed by atoms with Crippen molar-refractivity contribution < 1.29 is 9.84 Å². The second-order valence-electron chi connectivity index (χ2n) is 9.67. The van der Waals surface area contributed by atoms with Crippen molar-refractivity contribution in [1.82, 2.24) is 9.80 Å². The fraction of sp³-hybridized carbons (Fsp3) is 1.00. The molecule has 2 rings (SSSR count). The molecule has 0 atom stereocenters. The molecule has 0 aromatic heterocycles. The second kappa shape index (κ2) is 6.99. The maximum Gasteiger partial charge on any atom is 0.0667 e. The van der Waals surface area contributed by atoms with Crippen LogP contribution in [0, 0.1) is 5.92 Å². The van der Waals surface area contributed by atoms with Gasteiger partial charge in [0.25, 0.3) is 0 Å². The Morgan fingerprint density at radius 2 is 1.57 bits per heavy atom. The van der Waals surface area contributed by atoms with Crippen LogP contribution in [0.25, 0.3) is 0 Å². The maximum atomic E-state index is 10.6. The highest BCUT2D eigenvalue weighted by molar-refractivity contribution is 4.95. The van der Waals surface area contributed by atoms with Crippen LogP contribution in [-0.2, 0) is 4.74 Å². The Labute approximate surface area is 143 Å². The van der Waals surface area contributed by atoms with E-state index in [9.17, 15) is 5.11 Å². The van der Waals surface area contributed by atoms with Gasteiger partial charge in [-0.05, 0) is 66.7 Å². The van der Waals surface area contributed by atoms with E-state index in [-0.39, 0.29) is 11.1 Å². The van der Waals surface area contributed by atoms with E-state index in [1.807, 2.05) is 0 Å². The van der Waals surface area contributed by atoms with Gasteiger partial charge in [-0.2, -0.15) is 0 Å². The van der Waals surface area contributed by atoms with Gasteiger partial charge in [0.1, 0.15) is 0 Å². The van der Waals surface area contributed by atoms with Crippen LogP contribution in [0.15, 0.2) is 0 Å². The van der Waals surface area contributed by atoms with Gasteiger partial charge in [-0.3, -0.25) is 4.90 Å². The van der Waals surface area contributed by atoms with Crippen molar-refractivity contribution in [2.75, 3.05) is 39.3 Å². The zero-order valence-electron chi connectivity index (χ0n) is 16.2. The topological polar surface area (TPSA) is 35.9 Å². The molecule has 1 aliphatic heterocycles. The van der Waals surface area contributed by atoms with Crippen molar-refractivity contribution in [3.63, 3.8) is 0 Å². The summed E-state index contributed by atoms with van der Waals surface area (Å²) in [6, 6.07) is 0. The number of piperazine rings is 1. The van der Waals surface area contributed by atoms with Crippen LogP contribution in [0.3, 0.4) is 0 Å². The van der Waals surface area contributed by atoms with Gasteiger partial charge >= 0.3 is 0 Å². The maximum absolute atomic E-state index is 10.6. The molecule has 0 aromatic rings. The highest BCUT2D eigenvalue weighted by Crippen LogP contribution is 2.41. The lowest BCUT2D eigenvalue weighted by molar-refractivity contribution is -0.124. The quantitative estimate of drug-likeness (QED) is 0.843. The Morgan fingerprint density at radius 3 is 2.04 bits per heavy atom. The van der Waals surface area contributed by atoms with Gasteiger partial charge in [-0.25, -0.2) is 0 Å². The van der Waals surface area contributed by atoms with E-state index in [1.54, 1.807) is 0 Å². The molecule has 0 spiro atoms. The van der Waals surface area contributed by atoms with Crippen molar-refractivity contribution in [1.29, 1.82) is 0 Å². The normalized spacial score (nSPS) is 31.2. The molecular formula is C19H38N2O2. The van der Waals surface area contributed by atoms with Crippen LogP contribution in [0.2, 0.25) is 0 Å². The fourth-order valence-electron chi connectivity index (χ4n) is 3.71. The first kappa shape index (κ1) is 19.2. The summed E-state index contributed by atoms with van der Waals surface area (Å²) < 4.78 is 5.84. The molecule has 1 saturated heterocycles. The third kappa shape index (κ3) is 6.00. The van der Waals surface area contributed by atoms with Crippen molar-refractivity contribution in [3.8, 4) is 0 Å². The minimum atomic E-state index is -0.437. The second-order valence-corrected chi connectivity index (χ2v) is 9.67. The van der Waals surface area contributed by atoms with Gasteiger partial charge in [-0.15, -0.1) is 0 Å². The molecule has 1 aliphatic carbocycles. The first-order chi connectivity index (χ1) is 10.5. The van der Waals surface area contributed by atoms with Crippen LogP contribution in [-0.4, -0.2) is 71.0 Å². The van der Waals surface area contributed by atoms with E-state index < -0.39 is 5.60 Å². The van der Waals surface area contributed by atoms with Gasteiger partial charge in [0.15, 0.2) is 0 Å². The monoisotopic (exact) mass is 326 g/mol. The van der Waals surface area contributed by atoms with Gasteiger partial charge in [0.05, 0.1) is 17.8 Å². The SMILES string of the molecule is CC(C)(C)OCC1CC(O)(CCN2CCN(C(C)(C)C)CC2)C1. The van der Waals surface area contributed by atoms with Crippen LogP contribution >= 0.6 is 0 Å². The molecule has 136 valence electrons. The van der Waals surface area contributed by atoms with Crippen molar-refractivity contribution >= 4 is 0 Å². The Morgan fingerprint density at radius 1 is 1.00 bits per heavy atom. The lowest BCUT2D eigenvalue weighted by Gasteiger charge is -2.46. The van der Waals surface area contributed by atoms with Crippen molar-refractivity contribution in [2.45, 2.75) is 77.5 Å². The van der Waals surface area contributed by atoms with Crippen LogP contribution in [0.1, 0.15) is 60.8 Å². The summed E-state index contributed by atoms with van der Waals surface area (Å²) in [6.07, 6.45) is 2.73. The molecule has 0 unspecified atom stereocenters. The van der Waals surface area contributed by atoms with Crippen LogP contribution in [0.5, 0.6) is 0 Å². The summed E-state index contributed by atoms with van der Waals surface area (Å²) in [6.45, 7) is 19.5. The van der Waals surface area contributed by atoms with Crippen molar-refractivity contribution in [3.05, 3.63) is 0 Å². The number of ether oxygens (including phenoxy) is 1. The predicted molar refractivity (Wildman–Crippen MR) is 95.8 cm³/mol. The third-order valence-corrected chi connectivity index (χ3v) is 5.30. The molecule has 2 fully saturated rings. The van der Waals surface area contributed by atoms with Gasteiger partial charge in [-0.1, -0.05) is 0 Å². The van der Waals surface area contributed by atoms with Gasteiger partial charge < -0.3 is 14.7 Å². The zero-order chi connectivity index (χ0) is 17.3. The van der Waals surface area contributed by atoms with E-state index in [4.69, 9.17) is 4.74 Å². The summed E-state index contributed by atoms with van der Waals surface area (Å²) in [5, 5.41) is 10.6. The minimum absolute atomic E-state index is 0.0690. The average Bonchev–Trinajstić information content (AvgIpc) is 2.39. The molecule has 23 heavy (non-hydrogen) atoms. The molecule has 0 amide bonds. The molecule has 1 heterocycles. The van der Waals surface area contributed by atoms with E-state index in [1.165, 1.54) is 0 Å². The minimum Gasteiger partial charge on any atom is -0.390 e. The Hall–Kier alpha value is -0.160. The fourth-order valence-corrected chi connectivity index (χ4v) is 3.71. The van der Waals surface area contributed by atoms with E-state index in [0.717, 1.165) is 58.6 Å². The predicted octanol–water partition coefficient (Wildman–Crippen LogP) is 2.75. The van der Waals surface area contributed by atoms with Gasteiger partial charge in [0, 0.05) is 38.3 Å². The van der Waals surface area contributed by atoms with E-state index >= 15 is 0 Å². The number of rotatable bonds is 5. The molecular weight excluding hydrogens is 288 g/mol. The standard InChI is InChI=1S/C19H38N2O2/c1-17(2,3)21-11-9-20(10-12-21)8-7-19(22)13-16(14-19)15-23-18(4,5)6/h16,22H,7-15H2,1-6H3. The number of hydrogen-bond donors (Lipinski definition) is 1. The van der Waals surface area contributed by atoms with Crippen LogP contribution in [0.4, 0.5) is 0 Å². The summed E-state index contributed by atoms with van der Waals surface area (Å²) in [7, 11) is 0. The third-order valence-electron chi connectivity index (χ3n) is 5.30. The smallest absolute Gasteiger partial charge is 0.0667 e. The molecule has 0 aromatic carbocycles. The zero-order valence-corrected chi connectivity index (χ0v) is 16.2. The number of aliphatic hydroxyl groups is 1. The largest absolute Gasteiger partial charge is 0.390 e. The average molecular weight is 327 g/mol. The Balaban J connectivity index is 1.62. The first-order valence-electron chi connectivity index (χ1n) is 9.31. The first-order valence-corrected chi connectivity index (χ1v) is 9.31. The highest BCUT2D eigenvalue weighted by Gasteiger charge is 2.42. The van der Waals surface area contributed by atoms with E-state index in [2.05, 4.69) is 51.3 Å². The summed E-state index contributed by atoms with van der Waals surface area (Å²) in [5.41, 5.74) is -0.230. The molecule has 2 aliphatic rings. The molecule has 0 bridgehead atoms. The number of hydrogen-bond acceptors (Lipinski definition) is 4. The molecule has 1 saturated carbocycles. The Bertz CT molecular complexity index is 370.